The quantitative estimate of drug-likeness (QED) is 0.865. The number of likely N-dealkylation sites (N-methyl/N-ethyl adjacent to an activating group) is 1. The van der Waals surface area contributed by atoms with Gasteiger partial charge in [0.05, 0.1) is 17.6 Å². The summed E-state index contributed by atoms with van der Waals surface area (Å²) in [7, 11) is 3.47. The lowest BCUT2D eigenvalue weighted by atomic mass is 10.1. The number of fused-ring (bicyclic) bond motifs is 1. The van der Waals surface area contributed by atoms with E-state index in [0.717, 1.165) is 22.6 Å². The van der Waals surface area contributed by atoms with Gasteiger partial charge in [-0.1, -0.05) is 6.07 Å². The van der Waals surface area contributed by atoms with Crippen LogP contribution in [0.3, 0.4) is 0 Å². The van der Waals surface area contributed by atoms with Crippen molar-refractivity contribution in [1.29, 1.82) is 0 Å². The predicted molar refractivity (Wildman–Crippen MR) is 97.3 cm³/mol. The molecule has 1 amide bonds. The lowest BCUT2D eigenvalue weighted by Gasteiger charge is -2.28. The number of anilines is 2. The van der Waals surface area contributed by atoms with Crippen molar-refractivity contribution in [2.24, 2.45) is 0 Å². The van der Waals surface area contributed by atoms with Gasteiger partial charge in [0.25, 0.3) is 5.91 Å². The summed E-state index contributed by atoms with van der Waals surface area (Å²) in [5, 5.41) is 7.99. The molecule has 1 aliphatic heterocycles. The molecule has 1 aliphatic rings. The van der Waals surface area contributed by atoms with Crippen LogP contribution in [0.15, 0.2) is 16.6 Å². The molecule has 1 aromatic heterocycles. The zero-order valence-electron chi connectivity index (χ0n) is 14.5. The van der Waals surface area contributed by atoms with Crippen molar-refractivity contribution in [2.75, 3.05) is 26.0 Å². The standard InChI is InChI=1S/C17H21BrN4O2/c1-9-6-7-12(24-5)11(3)14(9)19-16-13(18)15-17(23)21(4)8-10(2)22(15)20-16/h6-7,10H,8H2,1-5H3,(H,19,20). The highest BCUT2D eigenvalue weighted by molar-refractivity contribution is 9.10. The van der Waals surface area contributed by atoms with Crippen molar-refractivity contribution in [1.82, 2.24) is 14.7 Å². The second-order valence-electron chi connectivity index (χ2n) is 6.20. The van der Waals surface area contributed by atoms with Crippen LogP contribution in [0.2, 0.25) is 0 Å². The maximum absolute atomic E-state index is 12.5. The number of ether oxygens (including phenoxy) is 1. The SMILES string of the molecule is COc1ccc(C)c(Nc2nn3c(c2Br)C(=O)N(C)CC3C)c1C. The van der Waals surface area contributed by atoms with Crippen molar-refractivity contribution in [3.63, 3.8) is 0 Å². The minimum Gasteiger partial charge on any atom is -0.496 e. The molecule has 2 aromatic rings. The van der Waals surface area contributed by atoms with E-state index >= 15 is 0 Å². The number of hydrogen-bond donors (Lipinski definition) is 1. The molecule has 0 saturated carbocycles. The fourth-order valence-corrected chi connectivity index (χ4v) is 3.63. The monoisotopic (exact) mass is 392 g/mol. The second-order valence-corrected chi connectivity index (χ2v) is 6.99. The van der Waals surface area contributed by atoms with Gasteiger partial charge in [-0.3, -0.25) is 9.48 Å². The number of nitrogens with zero attached hydrogens (tertiary/aromatic N) is 3. The molecule has 24 heavy (non-hydrogen) atoms. The fourth-order valence-electron chi connectivity index (χ4n) is 3.10. The predicted octanol–water partition coefficient (Wildman–Crippen LogP) is 3.66. The Morgan fingerprint density at radius 1 is 1.38 bits per heavy atom. The number of aromatic nitrogens is 2. The average Bonchev–Trinajstić information content (AvgIpc) is 2.87. The highest BCUT2D eigenvalue weighted by Gasteiger charge is 2.32. The molecule has 2 heterocycles. The summed E-state index contributed by atoms with van der Waals surface area (Å²) in [4.78, 5) is 14.2. The Morgan fingerprint density at radius 3 is 2.75 bits per heavy atom. The number of benzene rings is 1. The maximum Gasteiger partial charge on any atom is 0.273 e. The van der Waals surface area contributed by atoms with Gasteiger partial charge in [-0.15, -0.1) is 0 Å². The summed E-state index contributed by atoms with van der Waals surface area (Å²) in [5.74, 6) is 1.42. The van der Waals surface area contributed by atoms with Crippen molar-refractivity contribution < 1.29 is 9.53 Å². The molecule has 6 nitrogen and oxygen atoms in total. The molecule has 1 N–H and O–H groups in total. The van der Waals surface area contributed by atoms with Gasteiger partial charge in [0.2, 0.25) is 0 Å². The molecular formula is C17H21BrN4O2. The number of nitrogens with one attached hydrogen (secondary N) is 1. The van der Waals surface area contributed by atoms with Gasteiger partial charge in [0.15, 0.2) is 5.82 Å². The van der Waals surface area contributed by atoms with Gasteiger partial charge in [0, 0.05) is 24.8 Å². The van der Waals surface area contributed by atoms with E-state index in [1.807, 2.05) is 33.0 Å². The first-order valence-electron chi connectivity index (χ1n) is 7.79. The van der Waals surface area contributed by atoms with Crippen LogP contribution in [0.1, 0.15) is 34.6 Å². The van der Waals surface area contributed by atoms with E-state index < -0.39 is 0 Å². The average molecular weight is 393 g/mol. The third-order valence-corrected chi connectivity index (χ3v) is 5.20. The number of amides is 1. The van der Waals surface area contributed by atoms with Gasteiger partial charge >= 0.3 is 0 Å². The lowest BCUT2D eigenvalue weighted by molar-refractivity contribution is 0.0714. The molecule has 0 radical (unpaired) electrons. The largest absolute Gasteiger partial charge is 0.496 e. The lowest BCUT2D eigenvalue weighted by Crippen LogP contribution is -2.39. The third kappa shape index (κ3) is 2.56. The summed E-state index contributed by atoms with van der Waals surface area (Å²) in [6.07, 6.45) is 0. The van der Waals surface area contributed by atoms with Crippen LogP contribution >= 0.6 is 15.9 Å². The minimum atomic E-state index is -0.0281. The van der Waals surface area contributed by atoms with Gasteiger partial charge in [-0.05, 0) is 48.3 Å². The Morgan fingerprint density at radius 2 is 2.08 bits per heavy atom. The third-order valence-electron chi connectivity index (χ3n) is 4.44. The van der Waals surface area contributed by atoms with E-state index in [-0.39, 0.29) is 11.9 Å². The Kier molecular flexibility index (Phi) is 4.29. The molecule has 0 saturated heterocycles. The molecule has 0 spiro atoms. The minimum absolute atomic E-state index is 0.0281. The smallest absolute Gasteiger partial charge is 0.273 e. The van der Waals surface area contributed by atoms with Crippen LogP contribution in [0.4, 0.5) is 11.5 Å². The van der Waals surface area contributed by atoms with Gasteiger partial charge < -0.3 is 15.0 Å². The Bertz CT molecular complexity index is 815. The Balaban J connectivity index is 2.06. The zero-order valence-corrected chi connectivity index (χ0v) is 16.1. The van der Waals surface area contributed by atoms with Gasteiger partial charge in [0.1, 0.15) is 11.4 Å². The van der Waals surface area contributed by atoms with Crippen molar-refractivity contribution in [3.8, 4) is 5.75 Å². The van der Waals surface area contributed by atoms with Crippen LogP contribution in [0, 0.1) is 13.8 Å². The normalized spacial score (nSPS) is 17.0. The van der Waals surface area contributed by atoms with Crippen LogP contribution in [0.25, 0.3) is 0 Å². The topological polar surface area (TPSA) is 59.4 Å². The molecule has 0 aliphatic carbocycles. The number of aryl methyl sites for hydroxylation is 1. The van der Waals surface area contributed by atoms with E-state index in [1.165, 1.54) is 0 Å². The number of methoxy groups -OCH3 is 1. The molecule has 7 heteroatoms. The van der Waals surface area contributed by atoms with Gasteiger partial charge in [-0.25, -0.2) is 0 Å². The van der Waals surface area contributed by atoms with E-state index in [9.17, 15) is 4.79 Å². The van der Waals surface area contributed by atoms with E-state index in [1.54, 1.807) is 16.7 Å². The maximum atomic E-state index is 12.5. The van der Waals surface area contributed by atoms with Crippen molar-refractivity contribution in [3.05, 3.63) is 33.4 Å². The van der Waals surface area contributed by atoms with E-state index in [4.69, 9.17) is 4.74 Å². The highest BCUT2D eigenvalue weighted by Crippen LogP contribution is 2.36. The summed E-state index contributed by atoms with van der Waals surface area (Å²) >= 11 is 3.55. The van der Waals surface area contributed by atoms with E-state index in [2.05, 4.69) is 33.3 Å². The van der Waals surface area contributed by atoms with Gasteiger partial charge in [-0.2, -0.15) is 5.10 Å². The number of halogens is 1. The van der Waals surface area contributed by atoms with E-state index in [0.29, 0.717) is 22.5 Å². The zero-order chi connectivity index (χ0) is 17.6. The van der Waals surface area contributed by atoms with Crippen LogP contribution in [-0.2, 0) is 0 Å². The molecule has 1 unspecified atom stereocenters. The number of carbonyl (C=O) groups excluding carboxylic acids is 1. The number of rotatable bonds is 3. The molecular weight excluding hydrogens is 372 g/mol. The number of hydrogen-bond acceptors (Lipinski definition) is 4. The molecule has 3 rings (SSSR count). The van der Waals surface area contributed by atoms with Crippen molar-refractivity contribution in [2.45, 2.75) is 26.8 Å². The van der Waals surface area contributed by atoms with Crippen molar-refractivity contribution >= 4 is 33.3 Å². The number of carbonyl (C=O) groups is 1. The fraction of sp³-hybridized carbons (Fsp3) is 0.412. The van der Waals surface area contributed by atoms with Crippen LogP contribution in [0.5, 0.6) is 5.75 Å². The summed E-state index contributed by atoms with van der Waals surface area (Å²) in [6, 6.07) is 4.07. The molecule has 1 aromatic carbocycles. The summed E-state index contributed by atoms with van der Waals surface area (Å²) in [5.41, 5.74) is 3.62. The first-order valence-corrected chi connectivity index (χ1v) is 8.59. The Labute approximate surface area is 149 Å². The van der Waals surface area contributed by atoms with Crippen LogP contribution in [-0.4, -0.2) is 41.3 Å². The second kappa shape index (κ2) is 6.12. The molecule has 0 bridgehead atoms. The molecule has 128 valence electrons. The van der Waals surface area contributed by atoms with Crippen LogP contribution < -0.4 is 10.1 Å². The first kappa shape index (κ1) is 16.8. The Hall–Kier alpha value is -2.02. The summed E-state index contributed by atoms with van der Waals surface area (Å²) in [6.45, 7) is 6.73. The molecule has 0 fully saturated rings. The first-order chi connectivity index (χ1) is 11.3. The molecule has 1 atom stereocenters. The summed E-state index contributed by atoms with van der Waals surface area (Å²) < 4.78 is 7.88. The highest BCUT2D eigenvalue weighted by atomic mass is 79.9.